The molecule has 0 heterocycles. The highest BCUT2D eigenvalue weighted by Gasteiger charge is 1.91. The summed E-state index contributed by atoms with van der Waals surface area (Å²) in [7, 11) is 0. The summed E-state index contributed by atoms with van der Waals surface area (Å²) in [5.41, 5.74) is 0. The van der Waals surface area contributed by atoms with Crippen LogP contribution in [0.5, 0.6) is 0 Å². The number of rotatable bonds is 23. The third kappa shape index (κ3) is 34.9. The van der Waals surface area contributed by atoms with E-state index in [1.165, 1.54) is 135 Å². The molecular weight excluding hydrogens is 364 g/mol. The van der Waals surface area contributed by atoms with Gasteiger partial charge in [-0.15, -0.1) is 0 Å². The van der Waals surface area contributed by atoms with Gasteiger partial charge in [-0.2, -0.15) is 0 Å². The molecule has 0 saturated carbocycles. The van der Waals surface area contributed by atoms with Crippen LogP contribution in [0.15, 0.2) is 12.2 Å². The number of aldehydes is 1. The Hall–Kier alpha value is -0.590. The van der Waals surface area contributed by atoms with E-state index in [-0.39, 0.29) is 0 Å². The minimum absolute atomic E-state index is 0.760. The first kappa shape index (κ1) is 31.6. The summed E-state index contributed by atoms with van der Waals surface area (Å²) < 4.78 is 0. The highest BCUT2D eigenvalue weighted by atomic mass is 16.1. The summed E-state index contributed by atoms with van der Waals surface area (Å²) in [5, 5.41) is 0. The molecule has 0 aliphatic rings. The van der Waals surface area contributed by atoms with Gasteiger partial charge in [0.05, 0.1) is 0 Å². The first-order chi connectivity index (χ1) is 14.8. The molecule has 0 unspecified atom stereocenters. The van der Waals surface area contributed by atoms with Gasteiger partial charge >= 0.3 is 0 Å². The van der Waals surface area contributed by atoms with Crippen molar-refractivity contribution in [2.24, 2.45) is 0 Å². The first-order valence-electron chi connectivity index (χ1n) is 13.9. The second kappa shape index (κ2) is 33.1. The molecule has 0 aromatic heterocycles. The molecule has 0 aliphatic heterocycles. The van der Waals surface area contributed by atoms with Crippen molar-refractivity contribution >= 4 is 6.29 Å². The predicted molar refractivity (Wildman–Crippen MR) is 138 cm³/mol. The number of unbranched alkanes of at least 4 members (excludes halogenated alkanes) is 20. The molecule has 0 spiro atoms. The van der Waals surface area contributed by atoms with E-state index in [0.29, 0.717) is 0 Å². The quantitative estimate of drug-likeness (QED) is 0.0908. The van der Waals surface area contributed by atoms with Crippen molar-refractivity contribution in [1.29, 1.82) is 0 Å². The fourth-order valence-corrected chi connectivity index (χ4v) is 3.68. The van der Waals surface area contributed by atoms with E-state index in [1.54, 1.807) is 0 Å². The molecule has 0 amide bonds. The lowest BCUT2D eigenvalue weighted by atomic mass is 10.1. The van der Waals surface area contributed by atoms with E-state index >= 15 is 0 Å². The van der Waals surface area contributed by atoms with Crippen molar-refractivity contribution in [3.63, 3.8) is 0 Å². The molecule has 1 heteroatoms. The SMILES string of the molecule is CCCCCCC/C=C/CCCCCCCC.CCCCCCCCCCCC=O. The summed E-state index contributed by atoms with van der Waals surface area (Å²) in [6.45, 7) is 6.81. The van der Waals surface area contributed by atoms with Crippen molar-refractivity contribution in [3.05, 3.63) is 12.2 Å². The van der Waals surface area contributed by atoms with Gasteiger partial charge in [0.15, 0.2) is 0 Å². The van der Waals surface area contributed by atoms with E-state index in [9.17, 15) is 4.79 Å². The van der Waals surface area contributed by atoms with Crippen LogP contribution in [-0.4, -0.2) is 6.29 Å². The van der Waals surface area contributed by atoms with E-state index in [1.807, 2.05) is 0 Å². The Kier molecular flexibility index (Phi) is 34.8. The maximum absolute atomic E-state index is 10.0. The van der Waals surface area contributed by atoms with Crippen LogP contribution in [0.2, 0.25) is 0 Å². The lowest BCUT2D eigenvalue weighted by molar-refractivity contribution is -0.107. The highest BCUT2D eigenvalue weighted by Crippen LogP contribution is 2.10. The summed E-state index contributed by atoms with van der Waals surface area (Å²) in [6, 6.07) is 0. The van der Waals surface area contributed by atoms with Crippen molar-refractivity contribution in [3.8, 4) is 0 Å². The predicted octanol–water partition coefficient (Wildman–Crippen LogP) is 10.8. The first-order valence-corrected chi connectivity index (χ1v) is 13.9. The van der Waals surface area contributed by atoms with Gasteiger partial charge in [-0.05, 0) is 32.1 Å². The molecule has 0 aromatic carbocycles. The molecule has 0 aliphatic carbocycles. The van der Waals surface area contributed by atoms with Crippen LogP contribution < -0.4 is 0 Å². The zero-order chi connectivity index (χ0) is 22.4. The Morgan fingerprint density at radius 1 is 0.367 bits per heavy atom. The molecule has 30 heavy (non-hydrogen) atoms. The van der Waals surface area contributed by atoms with Gasteiger partial charge in [0.2, 0.25) is 0 Å². The molecule has 180 valence electrons. The number of carbonyl (C=O) groups is 1. The van der Waals surface area contributed by atoms with Crippen LogP contribution in [0.1, 0.15) is 168 Å². The number of carbonyl (C=O) groups excluding carboxylic acids is 1. The van der Waals surface area contributed by atoms with Gasteiger partial charge in [0, 0.05) is 6.42 Å². The fourth-order valence-electron chi connectivity index (χ4n) is 3.68. The minimum Gasteiger partial charge on any atom is -0.303 e. The molecule has 0 rings (SSSR count). The van der Waals surface area contributed by atoms with E-state index in [4.69, 9.17) is 0 Å². The van der Waals surface area contributed by atoms with Gasteiger partial charge in [0.25, 0.3) is 0 Å². The second-order valence-electron chi connectivity index (χ2n) is 9.01. The number of hydrogen-bond acceptors (Lipinski definition) is 1. The zero-order valence-corrected chi connectivity index (χ0v) is 21.4. The normalized spacial score (nSPS) is 10.9. The van der Waals surface area contributed by atoms with E-state index < -0.39 is 0 Å². The van der Waals surface area contributed by atoms with Gasteiger partial charge < -0.3 is 4.79 Å². The standard InChI is InChI=1S/C17H34.C12H24O/c1-3-5-7-9-11-13-15-17-16-14-12-10-8-6-4-2;1-2-3-4-5-6-7-8-9-10-11-12-13/h15,17H,3-14,16H2,1-2H3;12H,2-11H2,1H3/b17-15+;. The molecular formula is C29H58O. The van der Waals surface area contributed by atoms with Crippen molar-refractivity contribution in [2.75, 3.05) is 0 Å². The molecule has 1 nitrogen and oxygen atoms in total. The van der Waals surface area contributed by atoms with Crippen LogP contribution in [0.4, 0.5) is 0 Å². The Morgan fingerprint density at radius 2 is 0.633 bits per heavy atom. The molecule has 0 N–H and O–H groups in total. The van der Waals surface area contributed by atoms with Gasteiger partial charge in [-0.25, -0.2) is 0 Å². The topological polar surface area (TPSA) is 17.1 Å². The summed E-state index contributed by atoms with van der Waals surface area (Å²) in [4.78, 5) is 10.0. The summed E-state index contributed by atoms with van der Waals surface area (Å²) >= 11 is 0. The lowest BCUT2D eigenvalue weighted by Gasteiger charge is -1.99. The Balaban J connectivity index is 0. The minimum atomic E-state index is 0.760. The smallest absolute Gasteiger partial charge is 0.119 e. The molecule has 0 bridgehead atoms. The van der Waals surface area contributed by atoms with Crippen LogP contribution >= 0.6 is 0 Å². The summed E-state index contributed by atoms with van der Waals surface area (Å²) in [5.74, 6) is 0. The Morgan fingerprint density at radius 3 is 0.933 bits per heavy atom. The molecule has 0 atom stereocenters. The lowest BCUT2D eigenvalue weighted by Crippen LogP contribution is -1.81. The second-order valence-corrected chi connectivity index (χ2v) is 9.01. The highest BCUT2D eigenvalue weighted by molar-refractivity contribution is 5.48. The third-order valence-electron chi connectivity index (χ3n) is 5.79. The van der Waals surface area contributed by atoms with Crippen LogP contribution in [0, 0.1) is 0 Å². The largest absolute Gasteiger partial charge is 0.303 e. The fraction of sp³-hybridized carbons (Fsp3) is 0.897. The van der Waals surface area contributed by atoms with Gasteiger partial charge in [-0.3, -0.25) is 0 Å². The van der Waals surface area contributed by atoms with Crippen molar-refractivity contribution in [1.82, 2.24) is 0 Å². The maximum Gasteiger partial charge on any atom is 0.119 e. The number of allylic oxidation sites excluding steroid dienone is 2. The molecule has 0 saturated heterocycles. The number of hydrogen-bond donors (Lipinski definition) is 0. The van der Waals surface area contributed by atoms with Crippen molar-refractivity contribution < 1.29 is 4.79 Å². The molecule has 0 aromatic rings. The van der Waals surface area contributed by atoms with Crippen LogP contribution in [0.25, 0.3) is 0 Å². The Bertz CT molecular complexity index is 307. The van der Waals surface area contributed by atoms with Crippen LogP contribution in [0.3, 0.4) is 0 Å². The molecule has 0 fully saturated rings. The monoisotopic (exact) mass is 422 g/mol. The Labute approximate surface area is 191 Å². The summed E-state index contributed by atoms with van der Waals surface area (Å²) in [6.07, 6.45) is 36.7. The zero-order valence-electron chi connectivity index (χ0n) is 21.4. The van der Waals surface area contributed by atoms with Crippen LogP contribution in [-0.2, 0) is 4.79 Å². The maximum atomic E-state index is 10.0. The average Bonchev–Trinajstić information content (AvgIpc) is 2.76. The molecule has 0 radical (unpaired) electrons. The van der Waals surface area contributed by atoms with Gasteiger partial charge in [0.1, 0.15) is 6.29 Å². The van der Waals surface area contributed by atoms with E-state index in [2.05, 4.69) is 32.9 Å². The van der Waals surface area contributed by atoms with Gasteiger partial charge in [-0.1, -0.05) is 142 Å². The van der Waals surface area contributed by atoms with Crippen molar-refractivity contribution in [2.45, 2.75) is 168 Å². The third-order valence-corrected chi connectivity index (χ3v) is 5.79. The van der Waals surface area contributed by atoms with E-state index in [0.717, 1.165) is 19.1 Å². The average molecular weight is 423 g/mol.